The third-order valence-corrected chi connectivity index (χ3v) is 7.26. The van der Waals surface area contributed by atoms with Crippen LogP contribution in [-0.4, -0.2) is 43.3 Å². The van der Waals surface area contributed by atoms with Crippen LogP contribution in [-0.2, 0) is 31.9 Å². The fraction of sp³-hybridized carbons (Fsp3) is 0.591. The van der Waals surface area contributed by atoms with Crippen LogP contribution in [0.4, 0.5) is 5.00 Å². The number of carbonyl (C=O) groups excluding carboxylic acids is 2. The van der Waals surface area contributed by atoms with E-state index in [1.807, 2.05) is 13.8 Å². The number of allylic oxidation sites excluding steroid dienone is 2. The SMILES string of the molecule is COCCOC(=O)c1c(NC(=O)[C@@H]2CC(C)=C(C)C[C@H]2C(=O)O)sc2c1CCCC2. The second kappa shape index (κ2) is 9.75. The van der Waals surface area contributed by atoms with Crippen molar-refractivity contribution < 1.29 is 29.0 Å². The van der Waals surface area contributed by atoms with Gasteiger partial charge in [0.25, 0.3) is 0 Å². The van der Waals surface area contributed by atoms with Gasteiger partial charge >= 0.3 is 11.9 Å². The van der Waals surface area contributed by atoms with Gasteiger partial charge in [-0.2, -0.15) is 0 Å². The van der Waals surface area contributed by atoms with Crippen LogP contribution < -0.4 is 5.32 Å². The number of hydrogen-bond donors (Lipinski definition) is 2. The minimum absolute atomic E-state index is 0.139. The summed E-state index contributed by atoms with van der Waals surface area (Å²) >= 11 is 1.41. The summed E-state index contributed by atoms with van der Waals surface area (Å²) in [5, 5.41) is 13.0. The van der Waals surface area contributed by atoms with Crippen molar-refractivity contribution in [3.63, 3.8) is 0 Å². The Balaban J connectivity index is 1.86. The van der Waals surface area contributed by atoms with E-state index in [2.05, 4.69) is 5.32 Å². The molecule has 30 heavy (non-hydrogen) atoms. The number of anilines is 1. The molecule has 8 heteroatoms. The molecule has 0 bridgehead atoms. The monoisotopic (exact) mass is 435 g/mol. The third-order valence-electron chi connectivity index (χ3n) is 6.05. The zero-order valence-electron chi connectivity index (χ0n) is 17.7. The van der Waals surface area contributed by atoms with Gasteiger partial charge in [-0.3, -0.25) is 9.59 Å². The summed E-state index contributed by atoms with van der Waals surface area (Å²) in [6.07, 6.45) is 4.46. The number of aryl methyl sites for hydroxylation is 1. The van der Waals surface area contributed by atoms with Crippen LogP contribution in [0.25, 0.3) is 0 Å². The minimum atomic E-state index is -0.966. The predicted molar refractivity (Wildman–Crippen MR) is 114 cm³/mol. The first-order valence-corrected chi connectivity index (χ1v) is 11.1. The molecule has 0 aromatic carbocycles. The molecular formula is C22H29NO6S. The van der Waals surface area contributed by atoms with Gasteiger partial charge in [-0.25, -0.2) is 4.79 Å². The van der Waals surface area contributed by atoms with Crippen LogP contribution in [0.5, 0.6) is 0 Å². The number of methoxy groups -OCH3 is 1. The van der Waals surface area contributed by atoms with Gasteiger partial charge in [-0.15, -0.1) is 11.3 Å². The summed E-state index contributed by atoms with van der Waals surface area (Å²) in [7, 11) is 1.53. The van der Waals surface area contributed by atoms with Crippen molar-refractivity contribution >= 4 is 34.2 Å². The number of thiophene rings is 1. The molecule has 1 heterocycles. The van der Waals surface area contributed by atoms with Crippen LogP contribution in [0.1, 0.15) is 60.3 Å². The lowest BCUT2D eigenvalue weighted by atomic mass is 9.76. The highest BCUT2D eigenvalue weighted by Gasteiger charge is 2.38. The van der Waals surface area contributed by atoms with E-state index in [1.54, 1.807) is 0 Å². The number of nitrogens with one attached hydrogen (secondary N) is 1. The molecule has 2 N–H and O–H groups in total. The molecule has 0 spiro atoms. The molecule has 2 aliphatic rings. The first kappa shape index (κ1) is 22.5. The first-order chi connectivity index (χ1) is 14.3. The summed E-state index contributed by atoms with van der Waals surface area (Å²) in [6.45, 7) is 4.30. The zero-order valence-corrected chi connectivity index (χ0v) is 18.5. The van der Waals surface area contributed by atoms with E-state index in [0.717, 1.165) is 47.3 Å². The lowest BCUT2D eigenvalue weighted by Crippen LogP contribution is -2.36. The van der Waals surface area contributed by atoms with Gasteiger partial charge in [0.2, 0.25) is 5.91 Å². The fourth-order valence-electron chi connectivity index (χ4n) is 4.19. The normalized spacial score (nSPS) is 21.2. The molecule has 164 valence electrons. The highest BCUT2D eigenvalue weighted by Crippen LogP contribution is 2.40. The molecule has 2 aliphatic carbocycles. The van der Waals surface area contributed by atoms with Crippen molar-refractivity contribution in [2.24, 2.45) is 11.8 Å². The van der Waals surface area contributed by atoms with E-state index in [1.165, 1.54) is 18.4 Å². The molecule has 1 amide bonds. The maximum Gasteiger partial charge on any atom is 0.341 e. The van der Waals surface area contributed by atoms with Gasteiger partial charge in [0.05, 0.1) is 24.0 Å². The zero-order chi connectivity index (χ0) is 21.8. The number of ether oxygens (including phenoxy) is 2. The van der Waals surface area contributed by atoms with E-state index in [4.69, 9.17) is 9.47 Å². The maximum atomic E-state index is 13.1. The van der Waals surface area contributed by atoms with Crippen LogP contribution in [0.3, 0.4) is 0 Å². The number of fused-ring (bicyclic) bond motifs is 1. The van der Waals surface area contributed by atoms with Crippen LogP contribution >= 0.6 is 11.3 Å². The standard InChI is InChI=1S/C22H29NO6S/c1-12-10-15(16(21(25)26)11-13(12)2)19(24)23-20-18(22(27)29-9-8-28-3)14-6-4-5-7-17(14)30-20/h15-16H,4-11H2,1-3H3,(H,23,24)(H,25,26)/t15-,16-/m1/s1. The highest BCUT2D eigenvalue weighted by atomic mass is 32.1. The van der Waals surface area contributed by atoms with Gasteiger partial charge in [-0.05, 0) is 57.9 Å². The molecule has 0 aliphatic heterocycles. The number of amides is 1. The molecule has 0 radical (unpaired) electrons. The first-order valence-electron chi connectivity index (χ1n) is 10.3. The van der Waals surface area contributed by atoms with E-state index < -0.39 is 23.8 Å². The second-order valence-electron chi connectivity index (χ2n) is 8.05. The largest absolute Gasteiger partial charge is 0.481 e. The van der Waals surface area contributed by atoms with E-state index in [-0.39, 0.29) is 12.5 Å². The summed E-state index contributed by atoms with van der Waals surface area (Å²) in [5.74, 6) is -3.21. The Hall–Kier alpha value is -2.19. The third kappa shape index (κ3) is 4.75. The Morgan fingerprint density at radius 3 is 2.40 bits per heavy atom. The van der Waals surface area contributed by atoms with E-state index >= 15 is 0 Å². The van der Waals surface area contributed by atoms with Crippen LogP contribution in [0.2, 0.25) is 0 Å². The summed E-state index contributed by atoms with van der Waals surface area (Å²) < 4.78 is 10.3. The molecule has 0 saturated heterocycles. The smallest absolute Gasteiger partial charge is 0.341 e. The lowest BCUT2D eigenvalue weighted by Gasteiger charge is -2.29. The van der Waals surface area contributed by atoms with E-state index in [0.29, 0.717) is 30.0 Å². The van der Waals surface area contributed by atoms with Gasteiger partial charge in [-0.1, -0.05) is 11.1 Å². The number of carbonyl (C=O) groups is 3. The maximum absolute atomic E-state index is 13.1. The van der Waals surface area contributed by atoms with Crippen molar-refractivity contribution in [2.75, 3.05) is 25.6 Å². The molecule has 7 nitrogen and oxygen atoms in total. The Morgan fingerprint density at radius 1 is 1.07 bits per heavy atom. The molecule has 3 rings (SSSR count). The molecule has 1 aromatic heterocycles. The topological polar surface area (TPSA) is 102 Å². The lowest BCUT2D eigenvalue weighted by molar-refractivity contribution is -0.146. The number of hydrogen-bond acceptors (Lipinski definition) is 6. The van der Waals surface area contributed by atoms with Crippen LogP contribution in [0.15, 0.2) is 11.1 Å². The van der Waals surface area contributed by atoms with Gasteiger partial charge in [0.15, 0.2) is 0 Å². The minimum Gasteiger partial charge on any atom is -0.481 e. The summed E-state index contributed by atoms with van der Waals surface area (Å²) in [6, 6.07) is 0. The summed E-state index contributed by atoms with van der Waals surface area (Å²) in [5.41, 5.74) is 3.46. The van der Waals surface area contributed by atoms with E-state index in [9.17, 15) is 19.5 Å². The molecule has 1 aromatic rings. The number of aliphatic carboxylic acids is 1. The Labute approximate surface area is 180 Å². The Bertz CT molecular complexity index is 871. The average molecular weight is 436 g/mol. The van der Waals surface area contributed by atoms with Crippen molar-refractivity contribution in [3.05, 3.63) is 27.2 Å². The molecular weight excluding hydrogens is 406 g/mol. The fourth-order valence-corrected chi connectivity index (χ4v) is 5.47. The average Bonchev–Trinajstić information content (AvgIpc) is 3.07. The number of carboxylic acids is 1. The highest BCUT2D eigenvalue weighted by molar-refractivity contribution is 7.17. The predicted octanol–water partition coefficient (Wildman–Crippen LogP) is 3.82. The van der Waals surface area contributed by atoms with Crippen molar-refractivity contribution in [1.82, 2.24) is 0 Å². The second-order valence-corrected chi connectivity index (χ2v) is 9.16. The molecule has 0 saturated carbocycles. The molecule has 2 atom stereocenters. The van der Waals surface area contributed by atoms with Crippen LogP contribution in [0, 0.1) is 11.8 Å². The molecule has 0 unspecified atom stereocenters. The van der Waals surface area contributed by atoms with Crippen molar-refractivity contribution in [2.45, 2.75) is 52.4 Å². The quantitative estimate of drug-likeness (QED) is 0.384. The van der Waals surface area contributed by atoms with Gasteiger partial charge in [0.1, 0.15) is 11.6 Å². The number of esters is 1. The Morgan fingerprint density at radius 2 is 1.73 bits per heavy atom. The summed E-state index contributed by atoms with van der Waals surface area (Å²) in [4.78, 5) is 38.8. The number of rotatable bonds is 7. The van der Waals surface area contributed by atoms with Gasteiger partial charge < -0.3 is 19.9 Å². The van der Waals surface area contributed by atoms with Gasteiger partial charge in [0, 0.05) is 12.0 Å². The number of carboxylic acid groups (broad SMARTS) is 1. The Kier molecular flexibility index (Phi) is 7.31. The van der Waals surface area contributed by atoms with Crippen molar-refractivity contribution in [1.29, 1.82) is 0 Å². The van der Waals surface area contributed by atoms with Crippen molar-refractivity contribution in [3.8, 4) is 0 Å². The molecule has 0 fully saturated rings.